The molecule has 1 saturated carbocycles. The monoisotopic (exact) mass is 335 g/mol. The van der Waals surface area contributed by atoms with Crippen molar-refractivity contribution in [2.24, 2.45) is 5.10 Å². The maximum Gasteiger partial charge on any atom is 0.270 e. The third-order valence-electron chi connectivity index (χ3n) is 4.91. The lowest BCUT2D eigenvalue weighted by atomic mass is 10.1. The van der Waals surface area contributed by atoms with Crippen LogP contribution in [0.4, 0.5) is 0 Å². The van der Waals surface area contributed by atoms with E-state index in [0.29, 0.717) is 50.8 Å². The van der Waals surface area contributed by atoms with Crippen molar-refractivity contribution in [1.29, 1.82) is 0 Å². The van der Waals surface area contributed by atoms with Gasteiger partial charge in [0.05, 0.1) is 6.04 Å². The van der Waals surface area contributed by atoms with Crippen molar-refractivity contribution in [2.45, 2.75) is 44.7 Å². The molecule has 0 aromatic heterocycles. The SMILES string of the molecule is C[C@H](C(=O)NC1CC1)N1CCN(C(=O)C2=NN(C)C(=O)CC2)CC1. The van der Waals surface area contributed by atoms with E-state index in [2.05, 4.69) is 15.3 Å². The van der Waals surface area contributed by atoms with Crippen molar-refractivity contribution in [3.8, 4) is 0 Å². The van der Waals surface area contributed by atoms with Gasteiger partial charge in [0, 0.05) is 52.1 Å². The van der Waals surface area contributed by atoms with Gasteiger partial charge in [0.2, 0.25) is 11.8 Å². The van der Waals surface area contributed by atoms with E-state index in [-0.39, 0.29) is 23.8 Å². The molecule has 132 valence electrons. The molecule has 0 aromatic carbocycles. The number of hydrogen-bond donors (Lipinski definition) is 1. The molecule has 0 radical (unpaired) electrons. The first-order valence-corrected chi connectivity index (χ1v) is 8.63. The average molecular weight is 335 g/mol. The molecular formula is C16H25N5O3. The lowest BCUT2D eigenvalue weighted by molar-refractivity contribution is -0.131. The third-order valence-corrected chi connectivity index (χ3v) is 4.91. The highest BCUT2D eigenvalue weighted by molar-refractivity contribution is 6.39. The Balaban J connectivity index is 1.51. The highest BCUT2D eigenvalue weighted by atomic mass is 16.2. The van der Waals surface area contributed by atoms with E-state index in [1.165, 1.54) is 5.01 Å². The van der Waals surface area contributed by atoms with E-state index in [4.69, 9.17) is 0 Å². The van der Waals surface area contributed by atoms with Crippen LogP contribution in [0.25, 0.3) is 0 Å². The molecule has 1 aliphatic carbocycles. The van der Waals surface area contributed by atoms with Crippen LogP contribution >= 0.6 is 0 Å². The maximum absolute atomic E-state index is 12.5. The van der Waals surface area contributed by atoms with Crippen molar-refractivity contribution in [2.75, 3.05) is 33.2 Å². The number of carbonyl (C=O) groups is 3. The summed E-state index contributed by atoms with van der Waals surface area (Å²) in [6.07, 6.45) is 2.90. The molecule has 8 heteroatoms. The largest absolute Gasteiger partial charge is 0.352 e. The fourth-order valence-corrected chi connectivity index (χ4v) is 3.03. The summed E-state index contributed by atoms with van der Waals surface area (Å²) in [4.78, 5) is 40.0. The molecule has 0 spiro atoms. The van der Waals surface area contributed by atoms with Gasteiger partial charge in [-0.25, -0.2) is 5.01 Å². The Bertz CT molecular complexity index is 564. The number of nitrogens with one attached hydrogen (secondary N) is 1. The van der Waals surface area contributed by atoms with Crippen LogP contribution in [0.15, 0.2) is 5.10 Å². The van der Waals surface area contributed by atoms with Crippen LogP contribution in [-0.2, 0) is 14.4 Å². The molecule has 2 heterocycles. The summed E-state index contributed by atoms with van der Waals surface area (Å²) >= 11 is 0. The van der Waals surface area contributed by atoms with Crippen molar-refractivity contribution >= 4 is 23.4 Å². The Kier molecular flexibility index (Phi) is 4.84. The molecule has 2 fully saturated rings. The lowest BCUT2D eigenvalue weighted by Crippen LogP contribution is -2.56. The number of nitrogens with zero attached hydrogens (tertiary/aromatic N) is 4. The summed E-state index contributed by atoms with van der Waals surface area (Å²) in [6, 6.07) is 0.199. The Morgan fingerprint density at radius 1 is 1.17 bits per heavy atom. The minimum atomic E-state index is -0.168. The van der Waals surface area contributed by atoms with Gasteiger partial charge < -0.3 is 10.2 Å². The zero-order chi connectivity index (χ0) is 17.3. The Labute approximate surface area is 141 Å². The minimum absolute atomic E-state index is 0.0631. The van der Waals surface area contributed by atoms with Gasteiger partial charge >= 0.3 is 0 Å². The molecule has 0 bridgehead atoms. The lowest BCUT2D eigenvalue weighted by Gasteiger charge is -2.37. The van der Waals surface area contributed by atoms with Gasteiger partial charge in [-0.05, 0) is 19.8 Å². The highest BCUT2D eigenvalue weighted by Crippen LogP contribution is 2.19. The number of carbonyl (C=O) groups excluding carboxylic acids is 3. The van der Waals surface area contributed by atoms with Crippen LogP contribution in [0.1, 0.15) is 32.6 Å². The van der Waals surface area contributed by atoms with Gasteiger partial charge in [0.25, 0.3) is 5.91 Å². The van der Waals surface area contributed by atoms with Gasteiger partial charge in [0.1, 0.15) is 5.71 Å². The van der Waals surface area contributed by atoms with Crippen LogP contribution in [0.5, 0.6) is 0 Å². The van der Waals surface area contributed by atoms with Gasteiger partial charge in [-0.1, -0.05) is 0 Å². The first-order valence-electron chi connectivity index (χ1n) is 8.63. The minimum Gasteiger partial charge on any atom is -0.352 e. The molecule has 8 nitrogen and oxygen atoms in total. The van der Waals surface area contributed by atoms with E-state index in [1.54, 1.807) is 11.9 Å². The molecule has 24 heavy (non-hydrogen) atoms. The quantitative estimate of drug-likeness (QED) is 0.744. The van der Waals surface area contributed by atoms with Crippen molar-refractivity contribution in [3.05, 3.63) is 0 Å². The maximum atomic E-state index is 12.5. The van der Waals surface area contributed by atoms with Crippen LogP contribution in [0, 0.1) is 0 Å². The summed E-state index contributed by atoms with van der Waals surface area (Å²) < 4.78 is 0. The van der Waals surface area contributed by atoms with Crippen molar-refractivity contribution in [3.63, 3.8) is 0 Å². The highest BCUT2D eigenvalue weighted by Gasteiger charge is 2.32. The number of hydrazone groups is 1. The van der Waals surface area contributed by atoms with Gasteiger partial charge in [-0.3, -0.25) is 19.3 Å². The van der Waals surface area contributed by atoms with Crippen molar-refractivity contribution in [1.82, 2.24) is 20.1 Å². The standard InChI is InChI=1S/C16H25N5O3/c1-11(15(23)17-12-3-4-12)20-7-9-21(10-8-20)16(24)13-5-6-14(22)19(2)18-13/h11-12H,3-10H2,1-2H3,(H,17,23)/t11-/m1/s1. The predicted octanol–water partition coefficient (Wildman–Crippen LogP) is -0.594. The van der Waals surface area contributed by atoms with Crippen LogP contribution in [0.3, 0.4) is 0 Å². The molecule has 3 amide bonds. The Morgan fingerprint density at radius 2 is 1.83 bits per heavy atom. The van der Waals surface area contributed by atoms with Crippen LogP contribution in [0.2, 0.25) is 0 Å². The molecule has 3 aliphatic rings. The smallest absolute Gasteiger partial charge is 0.270 e. The fraction of sp³-hybridized carbons (Fsp3) is 0.750. The van der Waals surface area contributed by atoms with Crippen LogP contribution in [-0.4, -0.2) is 83.6 Å². The second kappa shape index (κ2) is 6.88. The topological polar surface area (TPSA) is 85.3 Å². The average Bonchev–Trinajstić information content (AvgIpc) is 3.40. The second-order valence-electron chi connectivity index (χ2n) is 6.75. The first-order chi connectivity index (χ1) is 11.5. The zero-order valence-corrected chi connectivity index (χ0v) is 14.3. The fourth-order valence-electron chi connectivity index (χ4n) is 3.03. The molecule has 1 atom stereocenters. The van der Waals surface area contributed by atoms with E-state index in [0.717, 1.165) is 12.8 Å². The summed E-state index contributed by atoms with van der Waals surface area (Å²) in [6.45, 7) is 4.42. The summed E-state index contributed by atoms with van der Waals surface area (Å²) in [5.41, 5.74) is 0.449. The molecule has 3 rings (SSSR count). The van der Waals surface area contributed by atoms with E-state index >= 15 is 0 Å². The number of amides is 3. The number of piperazine rings is 1. The molecule has 2 aliphatic heterocycles. The molecule has 0 aromatic rings. The van der Waals surface area contributed by atoms with Gasteiger partial charge in [-0.15, -0.1) is 0 Å². The van der Waals surface area contributed by atoms with E-state index in [9.17, 15) is 14.4 Å². The second-order valence-corrected chi connectivity index (χ2v) is 6.75. The molecule has 1 N–H and O–H groups in total. The Morgan fingerprint density at radius 3 is 2.42 bits per heavy atom. The first kappa shape index (κ1) is 16.9. The van der Waals surface area contributed by atoms with Gasteiger partial charge in [-0.2, -0.15) is 5.10 Å². The summed E-state index contributed by atoms with van der Waals surface area (Å²) in [7, 11) is 1.58. The number of hydrogen-bond acceptors (Lipinski definition) is 5. The van der Waals surface area contributed by atoms with E-state index in [1.807, 2.05) is 6.92 Å². The van der Waals surface area contributed by atoms with E-state index < -0.39 is 0 Å². The molecule has 1 saturated heterocycles. The molecule has 0 unspecified atom stereocenters. The summed E-state index contributed by atoms with van der Waals surface area (Å²) in [5, 5.41) is 8.37. The Hall–Kier alpha value is -1.96. The predicted molar refractivity (Wildman–Crippen MR) is 88.2 cm³/mol. The number of rotatable bonds is 4. The third kappa shape index (κ3) is 3.75. The van der Waals surface area contributed by atoms with Crippen LogP contribution < -0.4 is 5.32 Å². The normalized spacial score (nSPS) is 23.8. The zero-order valence-electron chi connectivity index (χ0n) is 14.3. The van der Waals surface area contributed by atoms with Gasteiger partial charge in [0.15, 0.2) is 0 Å². The van der Waals surface area contributed by atoms with Crippen molar-refractivity contribution < 1.29 is 14.4 Å². The molecular weight excluding hydrogens is 310 g/mol. The summed E-state index contributed by atoms with van der Waals surface area (Å²) in [5.74, 6) is -0.0787.